The molecule has 0 bridgehead atoms. The fourth-order valence-corrected chi connectivity index (χ4v) is 4.87. The van der Waals surface area contributed by atoms with Crippen LogP contribution in [0.25, 0.3) is 0 Å². The van der Waals surface area contributed by atoms with E-state index in [2.05, 4.69) is 5.32 Å². The largest absolute Gasteiger partial charge is 0.455 e. The van der Waals surface area contributed by atoms with E-state index in [9.17, 15) is 45.9 Å². The van der Waals surface area contributed by atoms with Gasteiger partial charge in [0, 0.05) is 40.0 Å². The molecule has 0 radical (unpaired) electrons. The van der Waals surface area contributed by atoms with Crippen LogP contribution in [0, 0.1) is 35.0 Å². The van der Waals surface area contributed by atoms with Crippen LogP contribution in [0.5, 0.6) is 0 Å². The van der Waals surface area contributed by atoms with Gasteiger partial charge in [-0.15, -0.1) is 0 Å². The number of nitrogens with one attached hydrogen (secondary N) is 1. The highest BCUT2D eigenvalue weighted by molar-refractivity contribution is 5.90. The summed E-state index contributed by atoms with van der Waals surface area (Å²) in [6.45, 7) is 5.77. The summed E-state index contributed by atoms with van der Waals surface area (Å²) in [5.74, 6) is -15.5. The van der Waals surface area contributed by atoms with Crippen molar-refractivity contribution in [3.8, 4) is 0 Å². The van der Waals surface area contributed by atoms with Gasteiger partial charge in [-0.3, -0.25) is 24.0 Å². The number of rotatable bonds is 14. The zero-order chi connectivity index (χ0) is 35.6. The minimum absolute atomic E-state index is 0.00787. The molecule has 2 rings (SSSR count). The number of esters is 3. The molecular weight excluding hydrogens is 639 g/mol. The third-order valence-corrected chi connectivity index (χ3v) is 7.38. The van der Waals surface area contributed by atoms with Crippen LogP contribution in [0.1, 0.15) is 65.9 Å². The normalized spacial score (nSPS) is 18.5. The predicted molar refractivity (Wildman–Crippen MR) is 153 cm³/mol. The number of methoxy groups -OCH3 is 1. The van der Waals surface area contributed by atoms with Gasteiger partial charge in [-0.25, -0.2) is 22.0 Å². The van der Waals surface area contributed by atoms with E-state index in [1.54, 1.807) is 6.08 Å². The Kier molecular flexibility index (Phi) is 14.8. The summed E-state index contributed by atoms with van der Waals surface area (Å²) < 4.78 is 91.5. The number of amides is 2. The highest BCUT2D eigenvalue weighted by atomic mass is 19.2. The minimum Gasteiger partial charge on any atom is -0.455 e. The summed E-state index contributed by atoms with van der Waals surface area (Å²) in [4.78, 5) is 64.3. The summed E-state index contributed by atoms with van der Waals surface area (Å²) >= 11 is 0. The number of likely N-dealkylation sites (tertiary alicyclic amines) is 1. The van der Waals surface area contributed by atoms with Crippen molar-refractivity contribution in [3.05, 3.63) is 46.8 Å². The molecule has 1 aliphatic heterocycles. The van der Waals surface area contributed by atoms with Crippen LogP contribution in [-0.4, -0.2) is 78.7 Å². The van der Waals surface area contributed by atoms with Gasteiger partial charge in [-0.05, 0) is 31.3 Å². The molecule has 1 unspecified atom stereocenters. The monoisotopic (exact) mass is 678 g/mol. The Morgan fingerprint density at radius 3 is 1.89 bits per heavy atom. The lowest BCUT2D eigenvalue weighted by Gasteiger charge is -2.34. The molecule has 1 fully saturated rings. The maximum Gasteiger partial charge on any atom is 0.303 e. The van der Waals surface area contributed by atoms with E-state index >= 15 is 0 Å². The number of carbonyl (C=O) groups is 5. The fraction of sp³-hybridized carbons (Fsp3) is 0.581. The summed E-state index contributed by atoms with van der Waals surface area (Å²) in [5.41, 5.74) is -1.22. The van der Waals surface area contributed by atoms with Crippen molar-refractivity contribution in [3.63, 3.8) is 0 Å². The summed E-state index contributed by atoms with van der Waals surface area (Å²) in [5, 5.41) is 2.43. The van der Waals surface area contributed by atoms with Crippen LogP contribution in [0.4, 0.5) is 22.0 Å². The van der Waals surface area contributed by atoms with Gasteiger partial charge in [-0.1, -0.05) is 26.3 Å². The molecule has 1 aromatic carbocycles. The molecule has 0 spiro atoms. The van der Waals surface area contributed by atoms with E-state index in [4.69, 9.17) is 18.9 Å². The van der Waals surface area contributed by atoms with Crippen molar-refractivity contribution in [1.82, 2.24) is 10.2 Å². The quantitative estimate of drug-likeness (QED) is 0.0778. The van der Waals surface area contributed by atoms with Crippen LogP contribution in [-0.2, 0) is 49.5 Å². The van der Waals surface area contributed by atoms with Gasteiger partial charge < -0.3 is 29.2 Å². The van der Waals surface area contributed by atoms with Gasteiger partial charge in [0.15, 0.2) is 47.7 Å². The Morgan fingerprint density at radius 2 is 1.38 bits per heavy atom. The predicted octanol–water partition coefficient (Wildman–Crippen LogP) is 3.79. The van der Waals surface area contributed by atoms with E-state index < -0.39 is 101 Å². The van der Waals surface area contributed by atoms with E-state index in [0.717, 1.165) is 32.8 Å². The molecule has 2 amide bonds. The lowest BCUT2D eigenvalue weighted by Crippen LogP contribution is -2.58. The summed E-state index contributed by atoms with van der Waals surface area (Å²) in [6.07, 6.45) is -2.16. The van der Waals surface area contributed by atoms with E-state index in [1.807, 2.05) is 13.8 Å². The second-order valence-electron chi connectivity index (χ2n) is 11.0. The highest BCUT2D eigenvalue weighted by Gasteiger charge is 2.45. The first-order valence-electron chi connectivity index (χ1n) is 14.9. The highest BCUT2D eigenvalue weighted by Crippen LogP contribution is 2.26. The molecule has 262 valence electrons. The van der Waals surface area contributed by atoms with Crippen molar-refractivity contribution < 1.29 is 64.9 Å². The van der Waals surface area contributed by atoms with Crippen molar-refractivity contribution in [2.75, 3.05) is 13.7 Å². The summed E-state index contributed by atoms with van der Waals surface area (Å²) in [6, 6.07) is -1.37. The topological polar surface area (TPSA) is 138 Å². The Balaban J connectivity index is 2.46. The van der Waals surface area contributed by atoms with Crippen molar-refractivity contribution in [2.45, 2.75) is 97.3 Å². The van der Waals surface area contributed by atoms with E-state index in [1.165, 1.54) is 6.08 Å². The molecular formula is C31H39F5N2O9. The molecule has 6 atom stereocenters. The third-order valence-electron chi connectivity index (χ3n) is 7.38. The van der Waals surface area contributed by atoms with Crippen LogP contribution in [0.2, 0.25) is 0 Å². The first-order chi connectivity index (χ1) is 22.0. The van der Waals surface area contributed by atoms with Gasteiger partial charge in [-0.2, -0.15) is 0 Å². The van der Waals surface area contributed by atoms with E-state index in [-0.39, 0.29) is 25.3 Å². The number of allylic oxidation sites excluding steroid dienone is 1. The molecule has 1 heterocycles. The van der Waals surface area contributed by atoms with E-state index in [0.29, 0.717) is 12.8 Å². The molecule has 0 saturated carbocycles. The lowest BCUT2D eigenvalue weighted by molar-refractivity contribution is -0.192. The van der Waals surface area contributed by atoms with Crippen LogP contribution in [0.3, 0.4) is 0 Å². The standard InChI is InChI=1S/C31H39F5N2O9/c1-7-15(2)11-12-21(45-16(3)39)27(46-17(4)40)28(47-18(5)41)29(44-6)30(42)37-20-10-8-9-13-38(31(20)43)14-19-22(32)24(34)26(36)25(35)23(19)33/h11-12,15,20-21,27-29H,7-10,13-14H2,1-6H3,(H,37,42)/t15?,20-,21+,27-,28+,29+/m0/s1. The second kappa shape index (κ2) is 17.7. The molecule has 47 heavy (non-hydrogen) atoms. The summed E-state index contributed by atoms with van der Waals surface area (Å²) in [7, 11) is 1.06. The molecule has 1 saturated heterocycles. The number of benzene rings is 1. The lowest BCUT2D eigenvalue weighted by atomic mass is 9.98. The zero-order valence-electron chi connectivity index (χ0n) is 26.9. The van der Waals surface area contributed by atoms with Gasteiger partial charge >= 0.3 is 17.9 Å². The number of ether oxygens (including phenoxy) is 4. The van der Waals surface area contributed by atoms with Crippen molar-refractivity contribution >= 4 is 29.7 Å². The first-order valence-corrected chi connectivity index (χ1v) is 14.9. The smallest absolute Gasteiger partial charge is 0.303 e. The van der Waals surface area contributed by atoms with Crippen LogP contribution in [0.15, 0.2) is 12.2 Å². The number of hydrogen-bond acceptors (Lipinski definition) is 9. The Labute approximate surface area is 268 Å². The molecule has 16 heteroatoms. The minimum atomic E-state index is -2.35. The second-order valence-corrected chi connectivity index (χ2v) is 11.0. The van der Waals surface area contributed by atoms with Crippen molar-refractivity contribution in [1.29, 1.82) is 0 Å². The molecule has 11 nitrogen and oxygen atoms in total. The maximum atomic E-state index is 14.4. The molecule has 0 aliphatic carbocycles. The number of hydrogen-bond donors (Lipinski definition) is 1. The molecule has 1 aliphatic rings. The Bertz CT molecular complexity index is 1330. The van der Waals surface area contributed by atoms with Crippen LogP contribution >= 0.6 is 0 Å². The zero-order valence-corrected chi connectivity index (χ0v) is 26.9. The molecule has 1 aromatic rings. The SMILES string of the molecule is CCC(C)C=C[C@@H](OC(C)=O)[C@H](OC(C)=O)[C@@H](OC(C)=O)[C@@H](OC)C(=O)N[C@H]1CCCCN(Cc2c(F)c(F)c(F)c(F)c2F)C1=O. The van der Waals surface area contributed by atoms with Crippen LogP contribution < -0.4 is 5.32 Å². The molecule has 1 N–H and O–H groups in total. The van der Waals surface area contributed by atoms with Gasteiger partial charge in [0.1, 0.15) is 6.04 Å². The van der Waals surface area contributed by atoms with Gasteiger partial charge in [0.25, 0.3) is 5.91 Å². The average molecular weight is 679 g/mol. The van der Waals surface area contributed by atoms with Crippen molar-refractivity contribution in [2.24, 2.45) is 5.92 Å². The fourth-order valence-electron chi connectivity index (χ4n) is 4.87. The Hall–Kier alpha value is -4.08. The maximum absolute atomic E-state index is 14.4. The van der Waals surface area contributed by atoms with Gasteiger partial charge in [0.2, 0.25) is 11.7 Å². The third kappa shape index (κ3) is 10.5. The molecule has 0 aromatic heterocycles. The Morgan fingerprint density at radius 1 is 0.851 bits per heavy atom. The number of carbonyl (C=O) groups excluding carboxylic acids is 5. The number of nitrogens with zero attached hydrogens (tertiary/aromatic N) is 1. The number of halogens is 5. The first kappa shape index (κ1) is 39.1. The van der Waals surface area contributed by atoms with Gasteiger partial charge in [0.05, 0.1) is 6.54 Å². The average Bonchev–Trinajstić information content (AvgIpc) is 3.17.